The second kappa shape index (κ2) is 7.20. The van der Waals surface area contributed by atoms with Crippen molar-refractivity contribution in [3.8, 4) is 17.2 Å². The third kappa shape index (κ3) is 3.60. The van der Waals surface area contributed by atoms with Gasteiger partial charge in [-0.2, -0.15) is 0 Å². The lowest BCUT2D eigenvalue weighted by molar-refractivity contribution is -0.127. The summed E-state index contributed by atoms with van der Waals surface area (Å²) in [7, 11) is 4.78. The molecule has 0 saturated heterocycles. The van der Waals surface area contributed by atoms with E-state index in [4.69, 9.17) is 14.2 Å². The average molecular weight is 293 g/mol. The highest BCUT2D eigenvalue weighted by molar-refractivity contribution is 5.79. The van der Waals surface area contributed by atoms with Gasteiger partial charge in [0.15, 0.2) is 11.5 Å². The molecule has 1 fully saturated rings. The predicted molar refractivity (Wildman–Crippen MR) is 80.2 cm³/mol. The van der Waals surface area contributed by atoms with Gasteiger partial charge in [-0.15, -0.1) is 0 Å². The van der Waals surface area contributed by atoms with E-state index in [0.717, 1.165) is 24.8 Å². The highest BCUT2D eigenvalue weighted by Crippen LogP contribution is 2.38. The molecular formula is C16H23NO4. The van der Waals surface area contributed by atoms with Crippen molar-refractivity contribution in [2.75, 3.05) is 27.9 Å². The van der Waals surface area contributed by atoms with Crippen molar-refractivity contribution in [2.24, 2.45) is 5.92 Å². The van der Waals surface area contributed by atoms with E-state index in [-0.39, 0.29) is 11.8 Å². The summed E-state index contributed by atoms with van der Waals surface area (Å²) in [6.07, 6.45) is 3.95. The molecule has 1 aliphatic rings. The first-order valence-corrected chi connectivity index (χ1v) is 7.26. The van der Waals surface area contributed by atoms with Gasteiger partial charge in [0.1, 0.15) is 0 Å². The molecule has 1 aromatic carbocycles. The predicted octanol–water partition coefficient (Wildman–Crippen LogP) is 2.17. The quantitative estimate of drug-likeness (QED) is 0.837. The second-order valence-electron chi connectivity index (χ2n) is 5.20. The summed E-state index contributed by atoms with van der Waals surface area (Å²) in [4.78, 5) is 11.8. The fourth-order valence-electron chi connectivity index (χ4n) is 2.42. The van der Waals surface area contributed by atoms with Crippen molar-refractivity contribution < 1.29 is 19.0 Å². The number of rotatable bonds is 7. The van der Waals surface area contributed by atoms with Gasteiger partial charge in [0, 0.05) is 12.5 Å². The Hall–Kier alpha value is -1.91. The van der Waals surface area contributed by atoms with E-state index in [9.17, 15) is 4.79 Å². The van der Waals surface area contributed by atoms with Crippen LogP contribution in [0.5, 0.6) is 17.2 Å². The number of methoxy groups -OCH3 is 3. The van der Waals surface area contributed by atoms with Crippen molar-refractivity contribution in [3.63, 3.8) is 0 Å². The lowest BCUT2D eigenvalue weighted by Crippen LogP contribution is -2.35. The molecule has 5 heteroatoms. The number of carbonyl (C=O) groups is 1. The van der Waals surface area contributed by atoms with E-state index in [2.05, 4.69) is 5.32 Å². The molecule has 0 spiro atoms. The van der Waals surface area contributed by atoms with Crippen molar-refractivity contribution in [2.45, 2.75) is 25.7 Å². The molecule has 1 amide bonds. The van der Waals surface area contributed by atoms with Gasteiger partial charge in [0.2, 0.25) is 11.7 Å². The third-order valence-electron chi connectivity index (χ3n) is 3.91. The van der Waals surface area contributed by atoms with Crippen LogP contribution in [0.4, 0.5) is 0 Å². The minimum atomic E-state index is 0.175. The third-order valence-corrected chi connectivity index (χ3v) is 3.91. The highest BCUT2D eigenvalue weighted by atomic mass is 16.5. The summed E-state index contributed by atoms with van der Waals surface area (Å²) in [5.41, 5.74) is 1.04. The molecule has 0 aromatic heterocycles. The average Bonchev–Trinajstić information content (AvgIpc) is 2.44. The standard InChI is InChI=1S/C16H23NO4/c1-19-13-9-11(10-14(20-2)15(13)21-3)7-8-17-16(18)12-5-4-6-12/h9-10,12H,4-8H2,1-3H3,(H,17,18). The van der Waals surface area contributed by atoms with Gasteiger partial charge in [-0.05, 0) is 37.0 Å². The van der Waals surface area contributed by atoms with Gasteiger partial charge in [-0.25, -0.2) is 0 Å². The summed E-state index contributed by atoms with van der Waals surface area (Å²) in [5, 5.41) is 2.98. The number of hydrogen-bond donors (Lipinski definition) is 1. The second-order valence-corrected chi connectivity index (χ2v) is 5.20. The van der Waals surface area contributed by atoms with Crippen LogP contribution < -0.4 is 19.5 Å². The molecule has 0 atom stereocenters. The zero-order valence-electron chi connectivity index (χ0n) is 12.9. The van der Waals surface area contributed by atoms with Crippen LogP contribution in [-0.4, -0.2) is 33.8 Å². The van der Waals surface area contributed by atoms with Crippen LogP contribution in [0.15, 0.2) is 12.1 Å². The maximum Gasteiger partial charge on any atom is 0.223 e. The molecule has 0 radical (unpaired) electrons. The van der Waals surface area contributed by atoms with Crippen LogP contribution in [0.2, 0.25) is 0 Å². The normalized spacial score (nSPS) is 14.2. The first kappa shape index (κ1) is 15.5. The molecule has 2 rings (SSSR count). The van der Waals surface area contributed by atoms with Crippen LogP contribution in [0.1, 0.15) is 24.8 Å². The van der Waals surface area contributed by atoms with Crippen molar-refractivity contribution in [1.29, 1.82) is 0 Å². The molecule has 21 heavy (non-hydrogen) atoms. The minimum absolute atomic E-state index is 0.175. The Kier molecular flexibility index (Phi) is 5.31. The monoisotopic (exact) mass is 293 g/mol. The van der Waals surface area contributed by atoms with Gasteiger partial charge in [0.05, 0.1) is 21.3 Å². The smallest absolute Gasteiger partial charge is 0.223 e. The van der Waals surface area contributed by atoms with Crippen LogP contribution in [0.3, 0.4) is 0 Å². The summed E-state index contributed by atoms with van der Waals surface area (Å²) < 4.78 is 15.9. The fraction of sp³-hybridized carbons (Fsp3) is 0.562. The largest absolute Gasteiger partial charge is 0.493 e. The molecular weight excluding hydrogens is 270 g/mol. The topological polar surface area (TPSA) is 56.8 Å². The van der Waals surface area contributed by atoms with E-state index in [1.165, 1.54) is 6.42 Å². The van der Waals surface area contributed by atoms with E-state index in [0.29, 0.717) is 23.8 Å². The lowest BCUT2D eigenvalue weighted by atomic mass is 9.85. The molecule has 1 saturated carbocycles. The molecule has 1 N–H and O–H groups in total. The number of amides is 1. The van der Waals surface area contributed by atoms with Crippen LogP contribution in [0, 0.1) is 5.92 Å². The summed E-state index contributed by atoms with van der Waals surface area (Å²) in [6, 6.07) is 3.83. The van der Waals surface area contributed by atoms with E-state index in [1.807, 2.05) is 12.1 Å². The van der Waals surface area contributed by atoms with E-state index in [1.54, 1.807) is 21.3 Å². The molecule has 0 heterocycles. The summed E-state index contributed by atoms with van der Waals surface area (Å²) in [5.74, 6) is 2.26. The van der Waals surface area contributed by atoms with Crippen LogP contribution in [-0.2, 0) is 11.2 Å². The Morgan fingerprint density at radius 3 is 2.19 bits per heavy atom. The SMILES string of the molecule is COc1cc(CCNC(=O)C2CCC2)cc(OC)c1OC. The van der Waals surface area contributed by atoms with Gasteiger partial charge in [-0.1, -0.05) is 6.42 Å². The zero-order chi connectivity index (χ0) is 15.2. The van der Waals surface area contributed by atoms with Crippen molar-refractivity contribution in [3.05, 3.63) is 17.7 Å². The van der Waals surface area contributed by atoms with Crippen molar-refractivity contribution >= 4 is 5.91 Å². The number of nitrogens with one attached hydrogen (secondary N) is 1. The molecule has 5 nitrogen and oxygen atoms in total. The molecule has 0 bridgehead atoms. The molecule has 1 aliphatic carbocycles. The van der Waals surface area contributed by atoms with Gasteiger partial charge in [-0.3, -0.25) is 4.79 Å². The summed E-state index contributed by atoms with van der Waals surface area (Å²) in [6.45, 7) is 0.619. The van der Waals surface area contributed by atoms with E-state index >= 15 is 0 Å². The maximum atomic E-state index is 11.8. The van der Waals surface area contributed by atoms with Gasteiger partial charge >= 0.3 is 0 Å². The number of benzene rings is 1. The van der Waals surface area contributed by atoms with Gasteiger partial charge in [0.25, 0.3) is 0 Å². The zero-order valence-corrected chi connectivity index (χ0v) is 12.9. The first-order valence-electron chi connectivity index (χ1n) is 7.26. The molecule has 1 aromatic rings. The molecule has 116 valence electrons. The minimum Gasteiger partial charge on any atom is -0.493 e. The number of carbonyl (C=O) groups excluding carboxylic acids is 1. The lowest BCUT2D eigenvalue weighted by Gasteiger charge is -2.24. The maximum absolute atomic E-state index is 11.8. The Balaban J connectivity index is 1.97. The number of hydrogen-bond acceptors (Lipinski definition) is 4. The fourth-order valence-corrected chi connectivity index (χ4v) is 2.42. The number of ether oxygens (including phenoxy) is 3. The Labute approximate surface area is 125 Å². The van der Waals surface area contributed by atoms with Crippen LogP contribution in [0.25, 0.3) is 0 Å². The molecule has 0 unspecified atom stereocenters. The molecule has 0 aliphatic heterocycles. The summed E-state index contributed by atoms with van der Waals surface area (Å²) >= 11 is 0. The van der Waals surface area contributed by atoms with Crippen LogP contribution >= 0.6 is 0 Å². The van der Waals surface area contributed by atoms with Crippen molar-refractivity contribution in [1.82, 2.24) is 5.32 Å². The Morgan fingerprint density at radius 1 is 1.14 bits per heavy atom. The first-order chi connectivity index (χ1) is 10.2. The van der Waals surface area contributed by atoms with E-state index < -0.39 is 0 Å². The Morgan fingerprint density at radius 2 is 1.76 bits per heavy atom. The van der Waals surface area contributed by atoms with Gasteiger partial charge < -0.3 is 19.5 Å². The highest BCUT2D eigenvalue weighted by Gasteiger charge is 2.24. The Bertz CT molecular complexity index is 472.